The highest BCUT2D eigenvalue weighted by Crippen LogP contribution is 2.50. The van der Waals surface area contributed by atoms with Crippen molar-refractivity contribution in [3.63, 3.8) is 0 Å². The van der Waals surface area contributed by atoms with Crippen LogP contribution < -0.4 is 0 Å². The highest BCUT2D eigenvalue weighted by molar-refractivity contribution is 5.66. The minimum Gasteiger partial charge on any atom is -0.481 e. The van der Waals surface area contributed by atoms with Crippen molar-refractivity contribution in [2.75, 3.05) is 0 Å². The quantitative estimate of drug-likeness (QED) is 0.396. The van der Waals surface area contributed by atoms with E-state index in [9.17, 15) is 9.90 Å². The van der Waals surface area contributed by atoms with Crippen molar-refractivity contribution in [2.45, 2.75) is 70.8 Å². The summed E-state index contributed by atoms with van der Waals surface area (Å²) in [5, 5.41) is 18.7. The molecule has 4 atom stereocenters. The first-order valence-corrected chi connectivity index (χ1v) is 9.25. The molecule has 0 aliphatic heterocycles. The topological polar surface area (TPSA) is 57.5 Å². The van der Waals surface area contributed by atoms with E-state index in [-0.39, 0.29) is 12.5 Å². The molecule has 2 saturated carbocycles. The van der Waals surface area contributed by atoms with Crippen molar-refractivity contribution >= 4 is 5.97 Å². The number of hydrogen-bond acceptors (Lipinski definition) is 2. The number of fused-ring (bicyclic) bond motifs is 1. The van der Waals surface area contributed by atoms with Crippen LogP contribution in [0.2, 0.25) is 0 Å². The summed E-state index contributed by atoms with van der Waals surface area (Å²) >= 11 is 0. The first kappa shape index (κ1) is 18.8. The van der Waals surface area contributed by atoms with Gasteiger partial charge in [-0.25, -0.2) is 0 Å². The second-order valence-electron chi connectivity index (χ2n) is 7.14. The lowest BCUT2D eigenvalue weighted by atomic mass is 9.91. The molecule has 2 aliphatic rings. The lowest BCUT2D eigenvalue weighted by Crippen LogP contribution is -2.08. The molecule has 24 heavy (non-hydrogen) atoms. The summed E-state index contributed by atoms with van der Waals surface area (Å²) in [5.74, 6) is 7.24. The van der Waals surface area contributed by atoms with E-state index in [1.807, 2.05) is 13.0 Å². The Morgan fingerprint density at radius 3 is 2.96 bits per heavy atom. The number of aliphatic carboxylic acids is 1. The molecule has 0 spiro atoms. The fraction of sp³-hybridized carbons (Fsp3) is 0.667. The van der Waals surface area contributed by atoms with Crippen LogP contribution in [0, 0.1) is 29.6 Å². The first-order chi connectivity index (χ1) is 11.6. The van der Waals surface area contributed by atoms with Crippen LogP contribution in [0.3, 0.4) is 0 Å². The van der Waals surface area contributed by atoms with Gasteiger partial charge in [0, 0.05) is 12.8 Å². The summed E-state index contributed by atoms with van der Waals surface area (Å²) in [7, 11) is 0. The molecule has 0 heterocycles. The summed E-state index contributed by atoms with van der Waals surface area (Å²) in [6.45, 7) is 1.83. The summed E-state index contributed by atoms with van der Waals surface area (Å²) in [5.41, 5.74) is 1.52. The monoisotopic (exact) mass is 330 g/mol. The molecule has 2 aliphatic carbocycles. The van der Waals surface area contributed by atoms with Gasteiger partial charge in [-0.1, -0.05) is 23.8 Å². The van der Waals surface area contributed by atoms with Crippen molar-refractivity contribution in [3.8, 4) is 11.8 Å². The molecule has 0 bridgehead atoms. The number of hydrogen-bond donors (Lipinski definition) is 2. The Kier molecular flexibility index (Phi) is 7.59. The number of carbonyl (C=O) groups is 1. The van der Waals surface area contributed by atoms with Gasteiger partial charge in [-0.3, -0.25) is 4.79 Å². The third-order valence-electron chi connectivity index (χ3n) is 5.40. The maximum atomic E-state index is 10.6. The van der Waals surface area contributed by atoms with E-state index in [2.05, 4.69) is 24.0 Å². The molecule has 0 aromatic heterocycles. The molecule has 132 valence electrons. The Labute approximate surface area is 145 Å². The predicted molar refractivity (Wildman–Crippen MR) is 96.3 cm³/mol. The lowest BCUT2D eigenvalue weighted by molar-refractivity contribution is -0.137. The van der Waals surface area contributed by atoms with Crippen LogP contribution in [0.5, 0.6) is 0 Å². The number of rotatable bonds is 8. The summed E-state index contributed by atoms with van der Waals surface area (Å²) < 4.78 is 0. The second kappa shape index (κ2) is 9.69. The van der Waals surface area contributed by atoms with E-state index in [1.165, 1.54) is 24.8 Å². The minimum absolute atomic E-state index is 0.266. The molecule has 2 N–H and O–H groups in total. The molecular formula is C21H30O3. The third kappa shape index (κ3) is 5.83. The van der Waals surface area contributed by atoms with Crippen molar-refractivity contribution in [1.82, 2.24) is 0 Å². The maximum absolute atomic E-state index is 10.6. The molecule has 0 amide bonds. The van der Waals surface area contributed by atoms with E-state index < -0.39 is 5.97 Å². The van der Waals surface area contributed by atoms with Gasteiger partial charge in [0.05, 0.1) is 6.10 Å². The number of aliphatic hydroxyl groups is 1. The van der Waals surface area contributed by atoms with Crippen LogP contribution in [0.4, 0.5) is 0 Å². The summed E-state index contributed by atoms with van der Waals surface area (Å²) in [6, 6.07) is 0. The second-order valence-corrected chi connectivity index (χ2v) is 7.14. The van der Waals surface area contributed by atoms with Crippen LogP contribution in [0.15, 0.2) is 23.8 Å². The van der Waals surface area contributed by atoms with Crippen molar-refractivity contribution in [1.29, 1.82) is 0 Å². The third-order valence-corrected chi connectivity index (χ3v) is 5.40. The van der Waals surface area contributed by atoms with Crippen LogP contribution in [-0.2, 0) is 4.79 Å². The Bertz CT molecular complexity index is 535. The van der Waals surface area contributed by atoms with Crippen molar-refractivity contribution in [2.24, 2.45) is 17.8 Å². The van der Waals surface area contributed by atoms with Gasteiger partial charge in [-0.15, -0.1) is 11.8 Å². The minimum atomic E-state index is -0.703. The van der Waals surface area contributed by atoms with Crippen LogP contribution >= 0.6 is 0 Å². The zero-order valence-corrected chi connectivity index (χ0v) is 14.7. The number of carboxylic acids is 1. The number of carboxylic acid groups (broad SMARTS) is 1. The molecule has 2 rings (SSSR count). The molecule has 2 fully saturated rings. The average Bonchev–Trinajstić information content (AvgIpc) is 3.10. The lowest BCUT2D eigenvalue weighted by Gasteiger charge is -2.14. The molecule has 0 aromatic rings. The molecule has 0 radical (unpaired) electrons. The van der Waals surface area contributed by atoms with E-state index in [0.29, 0.717) is 12.3 Å². The number of aliphatic hydroxyl groups excluding tert-OH is 1. The Morgan fingerprint density at radius 1 is 1.38 bits per heavy atom. The average molecular weight is 330 g/mol. The molecule has 0 saturated heterocycles. The van der Waals surface area contributed by atoms with Crippen LogP contribution in [0.1, 0.15) is 64.7 Å². The normalized spacial score (nSPS) is 28.8. The summed E-state index contributed by atoms with van der Waals surface area (Å²) in [4.78, 5) is 10.6. The van der Waals surface area contributed by atoms with Gasteiger partial charge in [0.1, 0.15) is 0 Å². The largest absolute Gasteiger partial charge is 0.481 e. The predicted octanol–water partition coefficient (Wildman–Crippen LogP) is 4.32. The van der Waals surface area contributed by atoms with Gasteiger partial charge in [-0.2, -0.15) is 0 Å². The standard InChI is InChI=1S/C21H30O3/c1-2-3-4-8-19(22)13-12-17-10-11-18-14-16(15-20(17)18)7-5-6-9-21(23)24/h7,12-13,17-20,22H,4-6,8-11,14-15H2,1H3,(H,23,24)/b13-12+,16-7+/t17-,18-,19+,20-/m1/s1. The van der Waals surface area contributed by atoms with Gasteiger partial charge >= 0.3 is 5.97 Å². The Balaban J connectivity index is 1.78. The van der Waals surface area contributed by atoms with Gasteiger partial charge < -0.3 is 10.2 Å². The van der Waals surface area contributed by atoms with Gasteiger partial charge in [-0.05, 0) is 69.6 Å². The van der Waals surface area contributed by atoms with E-state index in [0.717, 1.165) is 37.5 Å². The highest BCUT2D eigenvalue weighted by Gasteiger charge is 2.39. The molecular weight excluding hydrogens is 300 g/mol. The molecule has 0 unspecified atom stereocenters. The van der Waals surface area contributed by atoms with E-state index in [4.69, 9.17) is 5.11 Å². The van der Waals surface area contributed by atoms with E-state index >= 15 is 0 Å². The SMILES string of the molecule is CC#CCC[C@H](O)/C=C/[C@H]1CC[C@@H]2C/C(=C\CCCC(=O)O)C[C@@H]21. The van der Waals surface area contributed by atoms with Crippen LogP contribution in [0.25, 0.3) is 0 Å². The fourth-order valence-electron chi connectivity index (χ4n) is 4.16. The zero-order valence-electron chi connectivity index (χ0n) is 14.7. The van der Waals surface area contributed by atoms with Gasteiger partial charge in [0.2, 0.25) is 0 Å². The number of unbranched alkanes of at least 4 members (excludes halogenated alkanes) is 1. The highest BCUT2D eigenvalue weighted by atomic mass is 16.4. The molecule has 3 nitrogen and oxygen atoms in total. The smallest absolute Gasteiger partial charge is 0.303 e. The summed E-state index contributed by atoms with van der Waals surface area (Å²) in [6.07, 6.45) is 14.3. The first-order valence-electron chi connectivity index (χ1n) is 9.25. The van der Waals surface area contributed by atoms with Gasteiger partial charge in [0.25, 0.3) is 0 Å². The zero-order chi connectivity index (χ0) is 17.4. The Hall–Kier alpha value is -1.53. The van der Waals surface area contributed by atoms with Gasteiger partial charge in [0.15, 0.2) is 0 Å². The van der Waals surface area contributed by atoms with Crippen molar-refractivity contribution < 1.29 is 15.0 Å². The number of allylic oxidation sites excluding steroid dienone is 3. The van der Waals surface area contributed by atoms with Crippen LogP contribution in [-0.4, -0.2) is 22.3 Å². The molecule has 0 aromatic carbocycles. The fourth-order valence-corrected chi connectivity index (χ4v) is 4.16. The maximum Gasteiger partial charge on any atom is 0.303 e. The Morgan fingerprint density at radius 2 is 2.21 bits per heavy atom. The van der Waals surface area contributed by atoms with E-state index in [1.54, 1.807) is 0 Å². The molecule has 3 heteroatoms. The van der Waals surface area contributed by atoms with Crippen molar-refractivity contribution in [3.05, 3.63) is 23.8 Å².